The quantitative estimate of drug-likeness (QED) is 0.733. The zero-order chi connectivity index (χ0) is 16.2. The highest BCUT2D eigenvalue weighted by Crippen LogP contribution is 2.32. The van der Waals surface area contributed by atoms with Crippen LogP contribution in [0, 0.1) is 0 Å². The molecule has 0 bridgehead atoms. The molecule has 1 fully saturated rings. The third kappa shape index (κ3) is 3.44. The van der Waals surface area contributed by atoms with Gasteiger partial charge in [0, 0.05) is 19.0 Å². The first-order chi connectivity index (χ1) is 10.5. The van der Waals surface area contributed by atoms with E-state index >= 15 is 0 Å². The van der Waals surface area contributed by atoms with E-state index in [2.05, 4.69) is 10.6 Å². The molecule has 0 atom stereocenters. The summed E-state index contributed by atoms with van der Waals surface area (Å²) in [6, 6.07) is 7.05. The largest absolute Gasteiger partial charge is 0.480 e. The zero-order valence-corrected chi connectivity index (χ0v) is 12.5. The van der Waals surface area contributed by atoms with E-state index in [1.807, 2.05) is 6.07 Å². The fourth-order valence-corrected chi connectivity index (χ4v) is 2.52. The van der Waals surface area contributed by atoms with Crippen LogP contribution in [0.5, 0.6) is 0 Å². The number of rotatable bonds is 6. The summed E-state index contributed by atoms with van der Waals surface area (Å²) in [4.78, 5) is 34.7. The van der Waals surface area contributed by atoms with Crippen LogP contribution in [-0.4, -0.2) is 35.5 Å². The minimum absolute atomic E-state index is 0.175. The fourth-order valence-electron chi connectivity index (χ4n) is 2.52. The Bertz CT molecular complexity index is 594. The Balaban J connectivity index is 1.91. The van der Waals surface area contributed by atoms with Crippen molar-refractivity contribution in [3.63, 3.8) is 0 Å². The number of nitrogens with one attached hydrogen (secondary N) is 2. The van der Waals surface area contributed by atoms with Gasteiger partial charge in [0.2, 0.25) is 5.91 Å². The number of carboxylic acids is 1. The minimum atomic E-state index is -1.07. The van der Waals surface area contributed by atoms with Crippen molar-refractivity contribution in [2.24, 2.45) is 0 Å². The van der Waals surface area contributed by atoms with Gasteiger partial charge < -0.3 is 15.7 Å². The average molecular weight is 304 g/mol. The van der Waals surface area contributed by atoms with Crippen molar-refractivity contribution in [3.05, 3.63) is 35.4 Å². The van der Waals surface area contributed by atoms with Crippen LogP contribution in [0.2, 0.25) is 0 Å². The Labute approximate surface area is 128 Å². The normalized spacial score (nSPS) is 15.5. The monoisotopic (exact) mass is 304 g/mol. The molecule has 0 aromatic heterocycles. The molecule has 1 aliphatic carbocycles. The molecular formula is C16H20N2O4. The second-order valence-corrected chi connectivity index (χ2v) is 5.57. The molecule has 0 heterocycles. The molecule has 1 saturated carbocycles. The maximum atomic E-state index is 12.0. The van der Waals surface area contributed by atoms with Gasteiger partial charge in [-0.25, -0.2) is 4.79 Å². The number of aliphatic carboxylic acids is 1. The molecule has 0 spiro atoms. The lowest BCUT2D eigenvalue weighted by atomic mass is 9.76. The molecular weight excluding hydrogens is 284 g/mol. The summed E-state index contributed by atoms with van der Waals surface area (Å²) in [6.07, 6.45) is 2.46. The topological polar surface area (TPSA) is 95.5 Å². The van der Waals surface area contributed by atoms with Gasteiger partial charge in [-0.2, -0.15) is 0 Å². The van der Waals surface area contributed by atoms with Gasteiger partial charge in [0.1, 0.15) is 5.54 Å². The molecule has 1 aromatic carbocycles. The van der Waals surface area contributed by atoms with Gasteiger partial charge in [-0.15, -0.1) is 0 Å². The fraction of sp³-hybridized carbons (Fsp3) is 0.438. The van der Waals surface area contributed by atoms with Gasteiger partial charge in [-0.3, -0.25) is 9.59 Å². The van der Waals surface area contributed by atoms with Crippen molar-refractivity contribution in [1.29, 1.82) is 0 Å². The second-order valence-electron chi connectivity index (χ2n) is 5.57. The molecule has 3 N–H and O–H groups in total. The Hall–Kier alpha value is -2.37. The standard InChI is InChI=1S/C16H20N2O4/c1-17-14(20)12-5-2-4-11(10-12)6-7-13(19)18-16(15(21)22)8-3-9-16/h2,4-5,10H,3,6-9H2,1H3,(H,17,20)(H,18,19)(H,21,22). The van der Waals surface area contributed by atoms with Crippen LogP contribution in [-0.2, 0) is 16.0 Å². The number of aryl methyl sites for hydroxylation is 1. The molecule has 2 rings (SSSR count). The summed E-state index contributed by atoms with van der Waals surface area (Å²) in [5.41, 5.74) is 0.344. The van der Waals surface area contributed by atoms with E-state index in [1.54, 1.807) is 25.2 Å². The summed E-state index contributed by atoms with van der Waals surface area (Å²) >= 11 is 0. The van der Waals surface area contributed by atoms with E-state index in [1.165, 1.54) is 0 Å². The van der Waals surface area contributed by atoms with Crippen molar-refractivity contribution in [1.82, 2.24) is 10.6 Å². The third-order valence-electron chi connectivity index (χ3n) is 4.05. The summed E-state index contributed by atoms with van der Waals surface area (Å²) in [5, 5.41) is 14.4. The lowest BCUT2D eigenvalue weighted by Gasteiger charge is -2.38. The molecule has 6 nitrogen and oxygen atoms in total. The highest BCUT2D eigenvalue weighted by atomic mass is 16.4. The molecule has 2 amide bonds. The molecule has 0 radical (unpaired) electrons. The van der Waals surface area contributed by atoms with Crippen LogP contribution in [0.3, 0.4) is 0 Å². The van der Waals surface area contributed by atoms with Gasteiger partial charge >= 0.3 is 5.97 Å². The van der Waals surface area contributed by atoms with Crippen LogP contribution in [0.15, 0.2) is 24.3 Å². The van der Waals surface area contributed by atoms with Gasteiger partial charge in [0.25, 0.3) is 5.91 Å². The van der Waals surface area contributed by atoms with E-state index < -0.39 is 11.5 Å². The maximum absolute atomic E-state index is 12.0. The first-order valence-corrected chi connectivity index (χ1v) is 7.32. The number of hydrogen-bond donors (Lipinski definition) is 3. The average Bonchev–Trinajstić information content (AvgIpc) is 2.48. The van der Waals surface area contributed by atoms with Crippen LogP contribution < -0.4 is 10.6 Å². The number of benzene rings is 1. The summed E-state index contributed by atoms with van der Waals surface area (Å²) in [6.45, 7) is 0. The first kappa shape index (κ1) is 16.0. The lowest BCUT2D eigenvalue weighted by molar-refractivity contribution is -0.151. The molecule has 6 heteroatoms. The van der Waals surface area contributed by atoms with Crippen molar-refractivity contribution >= 4 is 17.8 Å². The molecule has 1 aliphatic rings. The van der Waals surface area contributed by atoms with Crippen LogP contribution in [0.4, 0.5) is 0 Å². The summed E-state index contributed by atoms with van der Waals surface area (Å²) < 4.78 is 0. The predicted molar refractivity (Wildman–Crippen MR) is 80.5 cm³/mol. The highest BCUT2D eigenvalue weighted by Gasteiger charge is 2.45. The van der Waals surface area contributed by atoms with Crippen LogP contribution in [0.1, 0.15) is 41.6 Å². The number of carbonyl (C=O) groups excluding carboxylic acids is 2. The maximum Gasteiger partial charge on any atom is 0.329 e. The predicted octanol–water partition coefficient (Wildman–Crippen LogP) is 1.10. The van der Waals surface area contributed by atoms with Gasteiger partial charge in [0.05, 0.1) is 0 Å². The number of carbonyl (C=O) groups is 3. The van der Waals surface area contributed by atoms with E-state index in [0.29, 0.717) is 24.8 Å². The van der Waals surface area contributed by atoms with E-state index in [-0.39, 0.29) is 18.2 Å². The van der Waals surface area contributed by atoms with E-state index in [4.69, 9.17) is 0 Å². The Morgan fingerprint density at radius 1 is 1.27 bits per heavy atom. The van der Waals surface area contributed by atoms with E-state index in [0.717, 1.165) is 12.0 Å². The SMILES string of the molecule is CNC(=O)c1cccc(CCC(=O)NC2(C(=O)O)CCC2)c1. The smallest absolute Gasteiger partial charge is 0.329 e. The van der Waals surface area contributed by atoms with Gasteiger partial charge in [-0.05, 0) is 43.4 Å². The number of hydrogen-bond acceptors (Lipinski definition) is 3. The van der Waals surface area contributed by atoms with Crippen molar-refractivity contribution in [2.45, 2.75) is 37.6 Å². The number of amides is 2. The Morgan fingerprint density at radius 2 is 2.00 bits per heavy atom. The molecule has 1 aromatic rings. The van der Waals surface area contributed by atoms with Crippen LogP contribution in [0.25, 0.3) is 0 Å². The summed E-state index contributed by atoms with van der Waals surface area (Å²) in [7, 11) is 1.56. The molecule has 0 saturated heterocycles. The molecule has 22 heavy (non-hydrogen) atoms. The van der Waals surface area contributed by atoms with Gasteiger partial charge in [-0.1, -0.05) is 12.1 Å². The van der Waals surface area contributed by atoms with Crippen molar-refractivity contribution in [3.8, 4) is 0 Å². The molecule has 0 unspecified atom stereocenters. The molecule has 118 valence electrons. The van der Waals surface area contributed by atoms with Gasteiger partial charge in [0.15, 0.2) is 0 Å². The Kier molecular flexibility index (Phi) is 4.80. The van der Waals surface area contributed by atoms with Crippen molar-refractivity contribution in [2.75, 3.05) is 7.05 Å². The van der Waals surface area contributed by atoms with Crippen LogP contribution >= 0.6 is 0 Å². The first-order valence-electron chi connectivity index (χ1n) is 7.32. The van der Waals surface area contributed by atoms with Crippen molar-refractivity contribution < 1.29 is 19.5 Å². The minimum Gasteiger partial charge on any atom is -0.480 e. The number of carboxylic acid groups (broad SMARTS) is 1. The molecule has 0 aliphatic heterocycles. The zero-order valence-electron chi connectivity index (χ0n) is 12.5. The second kappa shape index (κ2) is 6.60. The summed E-state index contributed by atoms with van der Waals surface area (Å²) in [5.74, 6) is -1.41. The van der Waals surface area contributed by atoms with E-state index in [9.17, 15) is 19.5 Å². The lowest BCUT2D eigenvalue weighted by Crippen LogP contribution is -2.59. The third-order valence-corrected chi connectivity index (χ3v) is 4.05. The Morgan fingerprint density at radius 3 is 2.55 bits per heavy atom. The highest BCUT2D eigenvalue weighted by molar-refractivity contribution is 5.94.